The molecular weight excluding hydrogens is 348 g/mol. The monoisotopic (exact) mass is 366 g/mol. The summed E-state index contributed by atoms with van der Waals surface area (Å²) >= 11 is 1.06. The Morgan fingerprint density at radius 2 is 1.92 bits per heavy atom. The number of ether oxygens (including phenoxy) is 1. The maximum Gasteiger partial charge on any atom is 0.286 e. The number of fused-ring (bicyclic) bond motifs is 1. The number of amides is 2. The van der Waals surface area contributed by atoms with Gasteiger partial charge in [-0.3, -0.25) is 14.9 Å². The first kappa shape index (κ1) is 16.7. The number of benzene rings is 2. The van der Waals surface area contributed by atoms with Gasteiger partial charge in [0.15, 0.2) is 0 Å². The summed E-state index contributed by atoms with van der Waals surface area (Å²) in [6.45, 7) is 0.521. The van der Waals surface area contributed by atoms with Crippen LogP contribution in [0.15, 0.2) is 54.6 Å². The predicted molar refractivity (Wildman–Crippen MR) is 102 cm³/mol. The Kier molecular flexibility index (Phi) is 4.42. The Morgan fingerprint density at radius 1 is 1.12 bits per heavy atom. The third kappa shape index (κ3) is 3.32. The maximum absolute atomic E-state index is 11.8. The van der Waals surface area contributed by atoms with E-state index in [-0.39, 0.29) is 16.4 Å². The van der Waals surface area contributed by atoms with Crippen LogP contribution in [0.4, 0.5) is 4.79 Å². The van der Waals surface area contributed by atoms with E-state index in [1.807, 2.05) is 55.6 Å². The number of imide groups is 1. The van der Waals surface area contributed by atoms with Crippen molar-refractivity contribution in [3.63, 3.8) is 0 Å². The largest absolute Gasteiger partial charge is 0.489 e. The topological polar surface area (TPSA) is 60.3 Å². The van der Waals surface area contributed by atoms with Crippen molar-refractivity contribution in [2.24, 2.45) is 7.05 Å². The van der Waals surface area contributed by atoms with Crippen LogP contribution in [0.25, 0.3) is 10.9 Å². The Balaban J connectivity index is 1.53. The maximum atomic E-state index is 11.8. The van der Waals surface area contributed by atoms with E-state index in [4.69, 9.17) is 4.74 Å². The second kappa shape index (κ2) is 6.88. The summed E-state index contributed by atoms with van der Waals surface area (Å²) in [7, 11) is 1.97. The van der Waals surface area contributed by atoms with Gasteiger partial charge in [-0.05, 0) is 29.8 Å². The minimum Gasteiger partial charge on any atom is -0.489 e. The number of aromatic nitrogens is 1. The lowest BCUT2D eigenvalue weighted by molar-refractivity contribution is -0.118. The number of nitrogens with one attached hydrogen (secondary N) is 1. The molecule has 4 rings (SSSR count). The van der Waals surface area contributed by atoms with Gasteiger partial charge in [-0.15, -0.1) is 0 Å². The highest BCUT2D eigenvalue weighted by Gasteiger charge is 2.32. The molecule has 6 heteroatoms. The van der Waals surface area contributed by atoms with Crippen molar-refractivity contribution in [1.29, 1.82) is 0 Å². The van der Waals surface area contributed by atoms with Gasteiger partial charge in [0, 0.05) is 30.1 Å². The first-order chi connectivity index (χ1) is 12.6. The third-order valence-corrected chi connectivity index (χ3v) is 5.50. The van der Waals surface area contributed by atoms with Crippen LogP contribution in [-0.2, 0) is 24.9 Å². The second-order valence-electron chi connectivity index (χ2n) is 6.28. The summed E-state index contributed by atoms with van der Waals surface area (Å²) in [5.74, 6) is 0.596. The Hall–Kier alpha value is -2.73. The molecule has 1 N–H and O–H groups in total. The number of thioether (sulfide) groups is 1. The average Bonchev–Trinajstić information content (AvgIpc) is 3.12. The molecule has 1 fully saturated rings. The van der Waals surface area contributed by atoms with Crippen LogP contribution in [-0.4, -0.2) is 21.0 Å². The molecule has 0 bridgehead atoms. The number of hydrogen-bond donors (Lipinski definition) is 1. The highest BCUT2D eigenvalue weighted by molar-refractivity contribution is 8.15. The minimum absolute atomic E-state index is 0.211. The molecule has 3 aromatic rings. The number of hydrogen-bond acceptors (Lipinski definition) is 4. The van der Waals surface area contributed by atoms with Crippen LogP contribution in [0.3, 0.4) is 0 Å². The van der Waals surface area contributed by atoms with Gasteiger partial charge in [-0.25, -0.2) is 0 Å². The van der Waals surface area contributed by atoms with Crippen molar-refractivity contribution >= 4 is 33.8 Å². The standard InChI is InChI=1S/C20H18N2O3S/c1-22-15(11-18-19(23)21-20(24)26-18)9-14-10-16(7-8-17(14)22)25-12-13-5-3-2-4-6-13/h2-10,18H,11-12H2,1H3,(H,21,23,24). The average molecular weight is 366 g/mol. The molecule has 0 spiro atoms. The van der Waals surface area contributed by atoms with Crippen molar-refractivity contribution in [2.75, 3.05) is 0 Å². The third-order valence-electron chi connectivity index (χ3n) is 4.52. The van der Waals surface area contributed by atoms with Gasteiger partial charge in [0.05, 0.1) is 5.25 Å². The molecule has 1 saturated heterocycles. The van der Waals surface area contributed by atoms with Crippen LogP contribution in [0.5, 0.6) is 5.75 Å². The SMILES string of the molecule is Cn1c(CC2SC(=O)NC2=O)cc2cc(OCc3ccccc3)ccc21. The van der Waals surface area contributed by atoms with E-state index in [9.17, 15) is 9.59 Å². The van der Waals surface area contributed by atoms with Crippen LogP contribution < -0.4 is 10.1 Å². The molecule has 1 aliphatic heterocycles. The molecule has 2 amide bonds. The summed E-state index contributed by atoms with van der Waals surface area (Å²) in [6, 6.07) is 18.1. The van der Waals surface area contributed by atoms with E-state index in [1.54, 1.807) is 0 Å². The van der Waals surface area contributed by atoms with Gasteiger partial charge in [0.1, 0.15) is 12.4 Å². The number of rotatable bonds is 5. The lowest BCUT2D eigenvalue weighted by atomic mass is 10.2. The normalized spacial score (nSPS) is 16.9. The summed E-state index contributed by atoms with van der Waals surface area (Å²) in [4.78, 5) is 23.2. The smallest absolute Gasteiger partial charge is 0.286 e. The van der Waals surface area contributed by atoms with Gasteiger partial charge in [0.25, 0.3) is 5.24 Å². The Morgan fingerprint density at radius 3 is 2.65 bits per heavy atom. The highest BCUT2D eigenvalue weighted by Crippen LogP contribution is 2.28. The first-order valence-corrected chi connectivity index (χ1v) is 9.25. The summed E-state index contributed by atoms with van der Waals surface area (Å²) in [5, 5.41) is 2.77. The van der Waals surface area contributed by atoms with Crippen LogP contribution >= 0.6 is 11.8 Å². The summed E-state index contributed by atoms with van der Waals surface area (Å²) in [5.41, 5.74) is 3.21. The molecule has 1 aliphatic rings. The van der Waals surface area contributed by atoms with Gasteiger partial charge in [-0.2, -0.15) is 0 Å². The zero-order chi connectivity index (χ0) is 18.1. The fourth-order valence-electron chi connectivity index (χ4n) is 3.13. The van der Waals surface area contributed by atoms with E-state index >= 15 is 0 Å². The second-order valence-corrected chi connectivity index (χ2v) is 7.45. The molecule has 5 nitrogen and oxygen atoms in total. The number of nitrogens with zero attached hydrogens (tertiary/aromatic N) is 1. The zero-order valence-electron chi connectivity index (χ0n) is 14.3. The molecule has 1 unspecified atom stereocenters. The minimum atomic E-state index is -0.362. The van der Waals surface area contributed by atoms with Crippen molar-refractivity contribution in [3.8, 4) is 5.75 Å². The van der Waals surface area contributed by atoms with E-state index in [1.165, 1.54) is 0 Å². The molecule has 0 radical (unpaired) electrons. The fraction of sp³-hybridized carbons (Fsp3) is 0.200. The molecule has 1 aromatic heterocycles. The quantitative estimate of drug-likeness (QED) is 0.749. The fourth-order valence-corrected chi connectivity index (χ4v) is 3.97. The molecule has 0 aliphatic carbocycles. The van der Waals surface area contributed by atoms with Gasteiger partial charge in [0.2, 0.25) is 5.91 Å². The molecule has 2 aromatic carbocycles. The molecule has 132 valence electrons. The van der Waals surface area contributed by atoms with Gasteiger partial charge in [-0.1, -0.05) is 42.1 Å². The molecule has 26 heavy (non-hydrogen) atoms. The number of carbonyl (C=O) groups excluding carboxylic acids is 2. The highest BCUT2D eigenvalue weighted by atomic mass is 32.2. The Labute approximate surface area is 155 Å². The van der Waals surface area contributed by atoms with Crippen LogP contribution in [0, 0.1) is 0 Å². The summed E-state index contributed by atoms with van der Waals surface area (Å²) < 4.78 is 7.95. The lowest BCUT2D eigenvalue weighted by Crippen LogP contribution is -2.25. The van der Waals surface area contributed by atoms with Crippen molar-refractivity contribution in [2.45, 2.75) is 18.3 Å². The Bertz CT molecular complexity index is 981. The van der Waals surface area contributed by atoms with Gasteiger partial charge >= 0.3 is 0 Å². The lowest BCUT2D eigenvalue weighted by Gasteiger charge is -2.08. The summed E-state index contributed by atoms with van der Waals surface area (Å²) in [6.07, 6.45) is 0.521. The van der Waals surface area contributed by atoms with E-state index in [0.717, 1.165) is 39.7 Å². The van der Waals surface area contributed by atoms with Crippen molar-refractivity contribution in [1.82, 2.24) is 9.88 Å². The number of carbonyl (C=O) groups is 2. The van der Waals surface area contributed by atoms with Crippen molar-refractivity contribution < 1.29 is 14.3 Å². The van der Waals surface area contributed by atoms with Crippen molar-refractivity contribution in [3.05, 3.63) is 65.9 Å². The van der Waals surface area contributed by atoms with E-state index in [0.29, 0.717) is 13.0 Å². The van der Waals surface area contributed by atoms with E-state index in [2.05, 4.69) is 16.0 Å². The van der Waals surface area contributed by atoms with Crippen LogP contribution in [0.1, 0.15) is 11.3 Å². The van der Waals surface area contributed by atoms with Crippen LogP contribution in [0.2, 0.25) is 0 Å². The molecular formula is C20H18N2O3S. The molecule has 0 saturated carbocycles. The van der Waals surface area contributed by atoms with Gasteiger partial charge < -0.3 is 9.30 Å². The molecule has 1 atom stereocenters. The first-order valence-electron chi connectivity index (χ1n) is 8.37. The zero-order valence-corrected chi connectivity index (χ0v) is 15.1. The number of aryl methyl sites for hydroxylation is 1. The predicted octanol–water partition coefficient (Wildman–Crippen LogP) is 3.65. The molecule has 2 heterocycles. The van der Waals surface area contributed by atoms with E-state index < -0.39 is 0 Å².